The van der Waals surface area contributed by atoms with Gasteiger partial charge in [-0.05, 0) is 50.8 Å². The van der Waals surface area contributed by atoms with Gasteiger partial charge in [-0.2, -0.15) is 0 Å². The summed E-state index contributed by atoms with van der Waals surface area (Å²) >= 11 is 0. The molecular formula is C24H26N2O3. The molecule has 0 unspecified atom stereocenters. The van der Waals surface area contributed by atoms with Crippen LogP contribution in [0.25, 0.3) is 0 Å². The van der Waals surface area contributed by atoms with Gasteiger partial charge in [-0.25, -0.2) is 4.79 Å². The second-order valence-corrected chi connectivity index (χ2v) is 7.39. The fourth-order valence-corrected chi connectivity index (χ4v) is 3.74. The van der Waals surface area contributed by atoms with E-state index in [1.165, 1.54) is 10.1 Å². The van der Waals surface area contributed by atoms with E-state index < -0.39 is 11.2 Å². The summed E-state index contributed by atoms with van der Waals surface area (Å²) < 4.78 is 1.43. The summed E-state index contributed by atoms with van der Waals surface area (Å²) in [4.78, 5) is 40.7. The molecular weight excluding hydrogens is 364 g/mol. The number of aromatic amines is 1. The molecule has 0 aliphatic rings. The zero-order valence-corrected chi connectivity index (χ0v) is 17.1. The van der Waals surface area contributed by atoms with Crippen LogP contribution in [-0.2, 0) is 19.4 Å². The van der Waals surface area contributed by atoms with E-state index >= 15 is 0 Å². The molecule has 0 saturated heterocycles. The molecule has 2 aromatic carbocycles. The topological polar surface area (TPSA) is 71.9 Å². The molecule has 0 spiro atoms. The van der Waals surface area contributed by atoms with Crippen molar-refractivity contribution in [3.05, 3.63) is 103 Å². The highest BCUT2D eigenvalue weighted by atomic mass is 16.2. The fraction of sp³-hybridized carbons (Fsp3) is 0.292. The second kappa shape index (κ2) is 8.86. The maximum atomic E-state index is 13.4. The number of hydrogen-bond donors (Lipinski definition) is 1. The van der Waals surface area contributed by atoms with Gasteiger partial charge in [0.15, 0.2) is 0 Å². The summed E-state index contributed by atoms with van der Waals surface area (Å²) in [5.74, 6) is -0.281. The van der Waals surface area contributed by atoms with Crippen molar-refractivity contribution in [2.24, 2.45) is 0 Å². The van der Waals surface area contributed by atoms with Crippen LogP contribution in [0, 0.1) is 13.8 Å². The van der Waals surface area contributed by atoms with E-state index in [2.05, 4.69) is 4.98 Å². The Morgan fingerprint density at radius 1 is 1.00 bits per heavy atom. The van der Waals surface area contributed by atoms with Crippen molar-refractivity contribution in [3.8, 4) is 0 Å². The summed E-state index contributed by atoms with van der Waals surface area (Å²) in [6, 6.07) is 15.6. The quantitative estimate of drug-likeness (QED) is 0.627. The number of ketones is 1. The number of benzene rings is 2. The lowest BCUT2D eigenvalue weighted by atomic mass is 9.99. The van der Waals surface area contributed by atoms with Crippen molar-refractivity contribution in [2.45, 2.75) is 46.6 Å². The van der Waals surface area contributed by atoms with Crippen molar-refractivity contribution < 1.29 is 4.79 Å². The average Bonchev–Trinajstić information content (AvgIpc) is 2.68. The molecule has 1 N–H and O–H groups in total. The van der Waals surface area contributed by atoms with Crippen LogP contribution in [0.5, 0.6) is 0 Å². The van der Waals surface area contributed by atoms with E-state index in [1.54, 1.807) is 12.1 Å². The highest BCUT2D eigenvalue weighted by Crippen LogP contribution is 2.16. The van der Waals surface area contributed by atoms with Gasteiger partial charge in [-0.15, -0.1) is 0 Å². The molecule has 0 amide bonds. The van der Waals surface area contributed by atoms with Gasteiger partial charge in [0.25, 0.3) is 5.56 Å². The van der Waals surface area contributed by atoms with Crippen molar-refractivity contribution in [2.75, 3.05) is 0 Å². The average molecular weight is 390 g/mol. The number of aryl methyl sites for hydroxylation is 3. The van der Waals surface area contributed by atoms with E-state index in [0.717, 1.165) is 17.5 Å². The Balaban J connectivity index is 2.02. The Labute approximate surface area is 170 Å². The van der Waals surface area contributed by atoms with Crippen LogP contribution in [0.4, 0.5) is 0 Å². The smallest absolute Gasteiger partial charge is 0.290 e. The zero-order valence-electron chi connectivity index (χ0n) is 17.1. The van der Waals surface area contributed by atoms with Gasteiger partial charge >= 0.3 is 5.69 Å². The van der Waals surface area contributed by atoms with Crippen molar-refractivity contribution in [1.29, 1.82) is 0 Å². The maximum absolute atomic E-state index is 13.4. The zero-order chi connectivity index (χ0) is 21.0. The van der Waals surface area contributed by atoms with Gasteiger partial charge in [0.2, 0.25) is 5.78 Å². The highest BCUT2D eigenvalue weighted by molar-refractivity contribution is 6.09. The minimum atomic E-state index is -0.534. The molecule has 5 nitrogen and oxygen atoms in total. The third-order valence-electron chi connectivity index (χ3n) is 5.04. The van der Waals surface area contributed by atoms with Crippen LogP contribution >= 0.6 is 0 Å². The molecule has 29 heavy (non-hydrogen) atoms. The van der Waals surface area contributed by atoms with Gasteiger partial charge in [-0.1, -0.05) is 54.4 Å². The molecule has 0 bridgehead atoms. The molecule has 5 heteroatoms. The largest absolute Gasteiger partial charge is 0.328 e. The van der Waals surface area contributed by atoms with E-state index in [0.29, 0.717) is 30.5 Å². The van der Waals surface area contributed by atoms with Crippen molar-refractivity contribution in [3.63, 3.8) is 0 Å². The van der Waals surface area contributed by atoms with Crippen LogP contribution in [-0.4, -0.2) is 15.3 Å². The minimum Gasteiger partial charge on any atom is -0.290 e. The van der Waals surface area contributed by atoms with Gasteiger partial charge in [0.1, 0.15) is 5.69 Å². The second-order valence-electron chi connectivity index (χ2n) is 7.39. The number of rotatable bonds is 7. The number of carbonyl (C=O) groups is 1. The molecule has 0 saturated carbocycles. The lowest BCUT2D eigenvalue weighted by Crippen LogP contribution is -2.37. The molecule has 0 aliphatic carbocycles. The van der Waals surface area contributed by atoms with Gasteiger partial charge in [0.05, 0.1) is 0 Å². The Bertz CT molecular complexity index is 1120. The number of carbonyl (C=O) groups excluding carboxylic acids is 1. The molecule has 1 heterocycles. The molecule has 150 valence electrons. The standard InChI is InChI=1S/C24H26N2O3/c1-4-20-21(22(27)19-14-16(2)13-17(3)15-19)26(24(29)25-23(20)28)12-8-11-18-9-6-5-7-10-18/h5-7,9-10,13-15H,4,8,11-12H2,1-3H3,(H,25,28,29). The van der Waals surface area contributed by atoms with Crippen LogP contribution in [0.1, 0.15) is 51.7 Å². The highest BCUT2D eigenvalue weighted by Gasteiger charge is 2.22. The number of aromatic nitrogens is 2. The van der Waals surface area contributed by atoms with Gasteiger partial charge in [0, 0.05) is 17.7 Å². The molecule has 0 atom stereocenters. The lowest BCUT2D eigenvalue weighted by molar-refractivity contribution is 0.102. The summed E-state index contributed by atoms with van der Waals surface area (Å²) in [5.41, 5.74) is 3.15. The van der Waals surface area contributed by atoms with Gasteiger partial charge < -0.3 is 0 Å². The maximum Gasteiger partial charge on any atom is 0.328 e. The SMILES string of the molecule is CCc1c(C(=O)c2cc(C)cc(C)c2)n(CCCc2ccccc2)c(=O)[nH]c1=O. The third-order valence-corrected chi connectivity index (χ3v) is 5.04. The first-order valence-corrected chi connectivity index (χ1v) is 9.93. The van der Waals surface area contributed by atoms with E-state index in [4.69, 9.17) is 0 Å². The summed E-state index contributed by atoms with van der Waals surface area (Å²) in [6.45, 7) is 6.04. The summed E-state index contributed by atoms with van der Waals surface area (Å²) in [5, 5.41) is 0. The molecule has 3 aromatic rings. The van der Waals surface area contributed by atoms with E-state index in [1.807, 2.05) is 57.2 Å². The van der Waals surface area contributed by atoms with Crippen LogP contribution < -0.4 is 11.2 Å². The lowest BCUT2D eigenvalue weighted by Gasteiger charge is -2.15. The van der Waals surface area contributed by atoms with Crippen LogP contribution in [0.3, 0.4) is 0 Å². The number of hydrogen-bond acceptors (Lipinski definition) is 3. The Morgan fingerprint density at radius 2 is 1.66 bits per heavy atom. The summed E-state index contributed by atoms with van der Waals surface area (Å²) in [6.07, 6.45) is 1.84. The predicted octanol–water partition coefficient (Wildman–Crippen LogP) is 3.58. The summed E-state index contributed by atoms with van der Waals surface area (Å²) in [7, 11) is 0. The molecule has 0 radical (unpaired) electrons. The first-order valence-electron chi connectivity index (χ1n) is 9.93. The molecule has 0 fully saturated rings. The third kappa shape index (κ3) is 4.62. The number of nitrogens with zero attached hydrogens (tertiary/aromatic N) is 1. The van der Waals surface area contributed by atoms with Crippen LogP contribution in [0.15, 0.2) is 58.1 Å². The van der Waals surface area contributed by atoms with E-state index in [9.17, 15) is 14.4 Å². The number of H-pyrrole nitrogens is 1. The Kier molecular flexibility index (Phi) is 6.27. The minimum absolute atomic E-state index is 0.208. The van der Waals surface area contributed by atoms with Gasteiger partial charge in [-0.3, -0.25) is 19.1 Å². The molecule has 1 aromatic heterocycles. The molecule has 3 rings (SSSR count). The number of nitrogens with one attached hydrogen (secondary N) is 1. The predicted molar refractivity (Wildman–Crippen MR) is 115 cm³/mol. The van der Waals surface area contributed by atoms with Crippen molar-refractivity contribution in [1.82, 2.24) is 9.55 Å². The van der Waals surface area contributed by atoms with Crippen LogP contribution in [0.2, 0.25) is 0 Å². The normalized spacial score (nSPS) is 10.9. The Morgan fingerprint density at radius 3 is 2.28 bits per heavy atom. The fourth-order valence-electron chi connectivity index (χ4n) is 3.74. The first kappa shape index (κ1) is 20.5. The van der Waals surface area contributed by atoms with Crippen molar-refractivity contribution >= 4 is 5.78 Å². The Hall–Kier alpha value is -3.21. The van der Waals surface area contributed by atoms with E-state index in [-0.39, 0.29) is 11.5 Å². The first-order chi connectivity index (χ1) is 13.9. The molecule has 0 aliphatic heterocycles. The monoisotopic (exact) mass is 390 g/mol.